The maximum atomic E-state index is 13.0. The Balaban J connectivity index is 1.80. The zero-order valence-electron chi connectivity index (χ0n) is 11.9. The number of aryl methyl sites for hydroxylation is 1. The van der Waals surface area contributed by atoms with E-state index in [1.165, 1.54) is 29.8 Å². The minimum absolute atomic E-state index is 0.0539. The van der Waals surface area contributed by atoms with Crippen molar-refractivity contribution in [3.05, 3.63) is 65.2 Å². The molecule has 2 unspecified atom stereocenters. The summed E-state index contributed by atoms with van der Waals surface area (Å²) in [5, 5.41) is 0. The van der Waals surface area contributed by atoms with Crippen molar-refractivity contribution < 1.29 is 4.39 Å². The van der Waals surface area contributed by atoms with E-state index in [-0.39, 0.29) is 11.9 Å². The summed E-state index contributed by atoms with van der Waals surface area (Å²) in [6.45, 7) is 0. The molecule has 2 atom stereocenters. The summed E-state index contributed by atoms with van der Waals surface area (Å²) in [6.07, 6.45) is 5.65. The highest BCUT2D eigenvalue weighted by Gasteiger charge is 2.24. The fraction of sp³-hybridized carbons (Fsp3) is 0.353. The first-order valence-corrected chi connectivity index (χ1v) is 7.43. The molecule has 3 N–H and O–H groups in total. The molecule has 0 saturated carbocycles. The first-order chi connectivity index (χ1) is 10.3. The quantitative estimate of drug-likeness (QED) is 0.670. The maximum Gasteiger partial charge on any atom is 0.141 e. The van der Waals surface area contributed by atoms with Gasteiger partial charge in [0.05, 0.1) is 17.9 Å². The van der Waals surface area contributed by atoms with E-state index in [1.807, 2.05) is 0 Å². The van der Waals surface area contributed by atoms with Crippen LogP contribution in [0.3, 0.4) is 0 Å². The van der Waals surface area contributed by atoms with Crippen LogP contribution in [0, 0.1) is 5.82 Å². The molecule has 0 saturated heterocycles. The summed E-state index contributed by atoms with van der Waals surface area (Å²) in [4.78, 5) is 4.15. The van der Waals surface area contributed by atoms with E-state index in [4.69, 9.17) is 5.84 Å². The van der Waals surface area contributed by atoms with Crippen LogP contribution in [0.25, 0.3) is 0 Å². The van der Waals surface area contributed by atoms with Crippen molar-refractivity contribution in [2.75, 3.05) is 0 Å². The van der Waals surface area contributed by atoms with Gasteiger partial charge in [-0.3, -0.25) is 16.3 Å². The molecule has 3 rings (SSSR count). The second kappa shape index (κ2) is 6.33. The molecule has 1 heterocycles. The number of fused-ring (bicyclic) bond motifs is 1. The molecule has 4 heteroatoms. The van der Waals surface area contributed by atoms with Crippen molar-refractivity contribution in [3.63, 3.8) is 0 Å². The van der Waals surface area contributed by atoms with Gasteiger partial charge in [-0.25, -0.2) is 4.39 Å². The lowest BCUT2D eigenvalue weighted by molar-refractivity contribution is 0.418. The molecule has 1 aromatic carbocycles. The van der Waals surface area contributed by atoms with E-state index in [1.54, 1.807) is 6.07 Å². The van der Waals surface area contributed by atoms with Gasteiger partial charge < -0.3 is 0 Å². The molecule has 1 aliphatic carbocycles. The average Bonchev–Trinajstić information content (AvgIpc) is 2.54. The molecule has 0 spiro atoms. The smallest absolute Gasteiger partial charge is 0.141 e. The maximum absolute atomic E-state index is 13.0. The number of nitrogens with zero attached hydrogens (tertiary/aromatic N) is 1. The molecular formula is C17H20FN3. The van der Waals surface area contributed by atoms with E-state index in [0.717, 1.165) is 25.0 Å². The molecule has 1 aliphatic rings. The molecule has 110 valence electrons. The largest absolute Gasteiger partial charge is 0.271 e. The number of pyridine rings is 1. The standard InChI is InChI=1S/C17H20FN3/c18-14-8-9-16(20-11-14)17(21-19)10-13-6-3-5-12-4-1-2-7-15(12)13/h1-2,4,7-9,11,13,17,21H,3,5-6,10,19H2. The Labute approximate surface area is 124 Å². The van der Waals surface area contributed by atoms with Crippen LogP contribution in [-0.2, 0) is 6.42 Å². The van der Waals surface area contributed by atoms with Crippen LogP contribution in [0.1, 0.15) is 48.0 Å². The van der Waals surface area contributed by atoms with Gasteiger partial charge in [-0.15, -0.1) is 0 Å². The predicted octanol–water partition coefficient (Wildman–Crippen LogP) is 3.24. The van der Waals surface area contributed by atoms with E-state index < -0.39 is 0 Å². The van der Waals surface area contributed by atoms with Crippen LogP contribution in [0.4, 0.5) is 4.39 Å². The fourth-order valence-corrected chi connectivity index (χ4v) is 3.25. The molecule has 3 nitrogen and oxygen atoms in total. The van der Waals surface area contributed by atoms with Gasteiger partial charge in [-0.1, -0.05) is 24.3 Å². The Bertz CT molecular complexity index is 597. The minimum Gasteiger partial charge on any atom is -0.271 e. The van der Waals surface area contributed by atoms with E-state index in [2.05, 4.69) is 34.7 Å². The number of benzene rings is 1. The zero-order chi connectivity index (χ0) is 14.7. The van der Waals surface area contributed by atoms with Crippen molar-refractivity contribution >= 4 is 0 Å². The van der Waals surface area contributed by atoms with Crippen molar-refractivity contribution in [2.24, 2.45) is 5.84 Å². The molecule has 2 aromatic rings. The van der Waals surface area contributed by atoms with Gasteiger partial charge in [0, 0.05) is 0 Å². The van der Waals surface area contributed by atoms with Crippen molar-refractivity contribution in [2.45, 2.75) is 37.6 Å². The van der Waals surface area contributed by atoms with Gasteiger partial charge in [0.1, 0.15) is 5.82 Å². The molecule has 0 amide bonds. The number of aromatic nitrogens is 1. The third-order valence-corrected chi connectivity index (χ3v) is 4.32. The second-order valence-electron chi connectivity index (χ2n) is 5.64. The van der Waals surface area contributed by atoms with Gasteiger partial charge in [-0.05, 0) is 54.9 Å². The molecule has 0 fully saturated rings. The van der Waals surface area contributed by atoms with Gasteiger partial charge >= 0.3 is 0 Å². The summed E-state index contributed by atoms with van der Waals surface area (Å²) in [6, 6.07) is 11.7. The van der Waals surface area contributed by atoms with Crippen LogP contribution in [0.2, 0.25) is 0 Å². The monoisotopic (exact) mass is 285 g/mol. The normalized spacial score (nSPS) is 19.0. The third kappa shape index (κ3) is 3.12. The zero-order valence-corrected chi connectivity index (χ0v) is 11.9. The highest BCUT2D eigenvalue weighted by Crippen LogP contribution is 2.37. The number of nitrogens with two attached hydrogens (primary N) is 1. The number of hydrogen-bond acceptors (Lipinski definition) is 3. The fourth-order valence-electron chi connectivity index (χ4n) is 3.25. The van der Waals surface area contributed by atoms with Crippen LogP contribution in [-0.4, -0.2) is 4.98 Å². The summed E-state index contributed by atoms with van der Waals surface area (Å²) in [7, 11) is 0. The van der Waals surface area contributed by atoms with Crippen LogP contribution >= 0.6 is 0 Å². The Kier molecular flexibility index (Phi) is 4.27. The summed E-state index contributed by atoms with van der Waals surface area (Å²) >= 11 is 0. The molecule has 1 aromatic heterocycles. The summed E-state index contributed by atoms with van der Waals surface area (Å²) in [5.74, 6) is 5.85. The molecule has 0 radical (unpaired) electrons. The van der Waals surface area contributed by atoms with Gasteiger partial charge in [-0.2, -0.15) is 0 Å². The van der Waals surface area contributed by atoms with Crippen LogP contribution < -0.4 is 11.3 Å². The second-order valence-corrected chi connectivity index (χ2v) is 5.64. The highest BCUT2D eigenvalue weighted by atomic mass is 19.1. The predicted molar refractivity (Wildman–Crippen MR) is 81.0 cm³/mol. The van der Waals surface area contributed by atoms with Crippen LogP contribution in [0.5, 0.6) is 0 Å². The number of rotatable bonds is 4. The number of nitrogens with one attached hydrogen (secondary N) is 1. The Morgan fingerprint density at radius 3 is 2.90 bits per heavy atom. The van der Waals surface area contributed by atoms with Gasteiger partial charge in [0.15, 0.2) is 0 Å². The van der Waals surface area contributed by atoms with Crippen molar-refractivity contribution in [3.8, 4) is 0 Å². The minimum atomic E-state index is -0.322. The number of halogens is 1. The SMILES string of the molecule is NNC(CC1CCCc2ccccc21)c1ccc(F)cn1. The van der Waals surface area contributed by atoms with E-state index in [9.17, 15) is 4.39 Å². The molecular weight excluding hydrogens is 265 g/mol. The first-order valence-electron chi connectivity index (χ1n) is 7.43. The molecule has 21 heavy (non-hydrogen) atoms. The first kappa shape index (κ1) is 14.2. The van der Waals surface area contributed by atoms with Crippen LogP contribution in [0.15, 0.2) is 42.6 Å². The summed E-state index contributed by atoms with van der Waals surface area (Å²) < 4.78 is 13.0. The topological polar surface area (TPSA) is 50.9 Å². The lowest BCUT2D eigenvalue weighted by atomic mass is 9.79. The average molecular weight is 285 g/mol. The lowest BCUT2D eigenvalue weighted by Crippen LogP contribution is -2.30. The number of hydrogen-bond donors (Lipinski definition) is 2. The third-order valence-electron chi connectivity index (χ3n) is 4.32. The van der Waals surface area contributed by atoms with Crippen molar-refractivity contribution in [1.82, 2.24) is 10.4 Å². The molecule has 0 aliphatic heterocycles. The Morgan fingerprint density at radius 2 is 2.14 bits per heavy atom. The van der Waals surface area contributed by atoms with Crippen molar-refractivity contribution in [1.29, 1.82) is 0 Å². The Hall–Kier alpha value is -1.78. The highest BCUT2D eigenvalue weighted by molar-refractivity contribution is 5.33. The molecule has 0 bridgehead atoms. The number of hydrazine groups is 1. The lowest BCUT2D eigenvalue weighted by Gasteiger charge is -2.28. The summed E-state index contributed by atoms with van der Waals surface area (Å²) in [5.41, 5.74) is 6.49. The van der Waals surface area contributed by atoms with E-state index in [0.29, 0.717) is 5.92 Å². The van der Waals surface area contributed by atoms with Gasteiger partial charge in [0.2, 0.25) is 0 Å². The van der Waals surface area contributed by atoms with Gasteiger partial charge in [0.25, 0.3) is 0 Å². The van der Waals surface area contributed by atoms with E-state index >= 15 is 0 Å². The Morgan fingerprint density at radius 1 is 1.29 bits per heavy atom.